The molecule has 2 N–H and O–H groups in total. The van der Waals surface area contributed by atoms with Gasteiger partial charge in [-0.25, -0.2) is 4.98 Å². The van der Waals surface area contributed by atoms with E-state index in [1.807, 2.05) is 32.0 Å². The highest BCUT2D eigenvalue weighted by Gasteiger charge is 2.08. The number of nitrogens with one attached hydrogen (secondary N) is 2. The molecule has 0 fully saturated rings. The quantitative estimate of drug-likeness (QED) is 0.765. The average Bonchev–Trinajstić information content (AvgIpc) is 2.60. The standard InChI is InChI=1S/C19H17N3O3/c1-12-4-3-5-16(13(12)2)25-18-7-6-15(11-21-18)22-19(24)14-8-9-20-17(23)10-14/h3-11H,1-2H3,(H,20,23)(H,22,24). The Morgan fingerprint density at radius 2 is 2.00 bits per heavy atom. The summed E-state index contributed by atoms with van der Waals surface area (Å²) >= 11 is 0. The minimum atomic E-state index is -0.379. The molecule has 6 heteroatoms. The molecule has 0 aliphatic carbocycles. The number of ether oxygens (including phenoxy) is 1. The Labute approximate surface area is 144 Å². The Morgan fingerprint density at radius 3 is 2.72 bits per heavy atom. The first-order chi connectivity index (χ1) is 12.0. The summed E-state index contributed by atoms with van der Waals surface area (Å²) in [4.78, 5) is 30.0. The monoisotopic (exact) mass is 335 g/mol. The van der Waals surface area contributed by atoms with E-state index in [0.29, 0.717) is 11.6 Å². The third-order valence-corrected chi connectivity index (χ3v) is 3.80. The van der Waals surface area contributed by atoms with Crippen LogP contribution in [-0.4, -0.2) is 15.9 Å². The van der Waals surface area contributed by atoms with Crippen LogP contribution < -0.4 is 15.6 Å². The molecule has 0 aliphatic rings. The summed E-state index contributed by atoms with van der Waals surface area (Å²) in [5.74, 6) is 0.798. The van der Waals surface area contributed by atoms with Crippen molar-refractivity contribution < 1.29 is 9.53 Å². The van der Waals surface area contributed by atoms with Crippen molar-refractivity contribution in [1.82, 2.24) is 9.97 Å². The smallest absolute Gasteiger partial charge is 0.255 e. The molecule has 0 bridgehead atoms. The van der Waals surface area contributed by atoms with Gasteiger partial charge in [0.2, 0.25) is 11.4 Å². The van der Waals surface area contributed by atoms with Gasteiger partial charge in [0.05, 0.1) is 11.9 Å². The normalized spacial score (nSPS) is 10.3. The van der Waals surface area contributed by atoms with E-state index in [2.05, 4.69) is 15.3 Å². The van der Waals surface area contributed by atoms with E-state index in [1.54, 1.807) is 12.1 Å². The predicted octanol–water partition coefficient (Wildman–Crippen LogP) is 3.43. The molecule has 126 valence electrons. The molecule has 0 unspecified atom stereocenters. The topological polar surface area (TPSA) is 84.1 Å². The first kappa shape index (κ1) is 16.4. The molecule has 2 aromatic heterocycles. The van der Waals surface area contributed by atoms with Crippen LogP contribution in [0.15, 0.2) is 59.7 Å². The highest BCUT2D eigenvalue weighted by molar-refractivity contribution is 6.04. The van der Waals surface area contributed by atoms with Crippen LogP contribution in [0.1, 0.15) is 21.5 Å². The van der Waals surface area contributed by atoms with Gasteiger partial charge in [-0.05, 0) is 43.2 Å². The van der Waals surface area contributed by atoms with Crippen LogP contribution >= 0.6 is 0 Å². The lowest BCUT2D eigenvalue weighted by atomic mass is 10.1. The number of aryl methyl sites for hydroxylation is 1. The maximum atomic E-state index is 12.1. The van der Waals surface area contributed by atoms with Crippen molar-refractivity contribution in [3.63, 3.8) is 0 Å². The zero-order valence-electron chi connectivity index (χ0n) is 13.9. The van der Waals surface area contributed by atoms with Crippen molar-refractivity contribution in [1.29, 1.82) is 0 Å². The fourth-order valence-electron chi connectivity index (χ4n) is 2.25. The summed E-state index contributed by atoms with van der Waals surface area (Å²) < 4.78 is 5.78. The zero-order chi connectivity index (χ0) is 17.8. The second-order valence-corrected chi connectivity index (χ2v) is 5.58. The second-order valence-electron chi connectivity index (χ2n) is 5.58. The van der Waals surface area contributed by atoms with Crippen LogP contribution in [0.5, 0.6) is 11.6 Å². The zero-order valence-corrected chi connectivity index (χ0v) is 13.9. The lowest BCUT2D eigenvalue weighted by Gasteiger charge is -2.10. The highest BCUT2D eigenvalue weighted by atomic mass is 16.5. The number of amides is 1. The van der Waals surface area contributed by atoms with Gasteiger partial charge in [0.1, 0.15) is 5.75 Å². The fraction of sp³-hybridized carbons (Fsp3) is 0.105. The lowest BCUT2D eigenvalue weighted by Crippen LogP contribution is -2.15. The lowest BCUT2D eigenvalue weighted by molar-refractivity contribution is 0.102. The van der Waals surface area contributed by atoms with Gasteiger partial charge in [0.25, 0.3) is 5.91 Å². The van der Waals surface area contributed by atoms with Crippen LogP contribution in [0.2, 0.25) is 0 Å². The van der Waals surface area contributed by atoms with Crippen molar-refractivity contribution in [3.05, 3.63) is 81.9 Å². The molecular formula is C19H17N3O3. The summed E-state index contributed by atoms with van der Waals surface area (Å²) in [7, 11) is 0. The number of aromatic amines is 1. The van der Waals surface area contributed by atoms with E-state index < -0.39 is 0 Å². The van der Waals surface area contributed by atoms with Crippen LogP contribution in [0.3, 0.4) is 0 Å². The summed E-state index contributed by atoms with van der Waals surface area (Å²) in [5.41, 5.74) is 2.65. The molecule has 0 aliphatic heterocycles. The number of anilines is 1. The number of H-pyrrole nitrogens is 1. The maximum absolute atomic E-state index is 12.1. The van der Waals surface area contributed by atoms with E-state index in [4.69, 9.17) is 4.74 Å². The number of carbonyl (C=O) groups is 1. The summed E-state index contributed by atoms with van der Waals surface area (Å²) in [6.45, 7) is 4.00. The molecule has 0 saturated heterocycles. The highest BCUT2D eigenvalue weighted by Crippen LogP contribution is 2.26. The van der Waals surface area contributed by atoms with Crippen molar-refractivity contribution in [2.24, 2.45) is 0 Å². The summed E-state index contributed by atoms with van der Waals surface area (Å²) in [6, 6.07) is 12.0. The number of aromatic nitrogens is 2. The van der Waals surface area contributed by atoms with Crippen LogP contribution in [-0.2, 0) is 0 Å². The summed E-state index contributed by atoms with van der Waals surface area (Å²) in [6.07, 6.45) is 2.93. The van der Waals surface area contributed by atoms with Gasteiger partial charge in [0.15, 0.2) is 0 Å². The Bertz CT molecular complexity index is 962. The molecule has 1 aromatic carbocycles. The Hall–Kier alpha value is -3.41. The third-order valence-electron chi connectivity index (χ3n) is 3.80. The van der Waals surface area contributed by atoms with E-state index >= 15 is 0 Å². The molecule has 0 spiro atoms. The molecule has 6 nitrogen and oxygen atoms in total. The van der Waals surface area contributed by atoms with Gasteiger partial charge in [-0.1, -0.05) is 12.1 Å². The summed E-state index contributed by atoms with van der Waals surface area (Å²) in [5, 5.41) is 2.69. The van der Waals surface area contributed by atoms with Crippen molar-refractivity contribution in [2.45, 2.75) is 13.8 Å². The van der Waals surface area contributed by atoms with Gasteiger partial charge in [-0.2, -0.15) is 0 Å². The Kier molecular flexibility index (Phi) is 4.61. The van der Waals surface area contributed by atoms with Crippen molar-refractivity contribution in [2.75, 3.05) is 5.32 Å². The fourth-order valence-corrected chi connectivity index (χ4v) is 2.25. The minimum Gasteiger partial charge on any atom is -0.439 e. The average molecular weight is 335 g/mol. The largest absolute Gasteiger partial charge is 0.439 e. The third kappa shape index (κ3) is 3.92. The molecular weight excluding hydrogens is 318 g/mol. The molecule has 3 aromatic rings. The van der Waals surface area contributed by atoms with Crippen molar-refractivity contribution >= 4 is 11.6 Å². The van der Waals surface area contributed by atoms with E-state index in [9.17, 15) is 9.59 Å². The van der Waals surface area contributed by atoms with Gasteiger partial charge in [-0.15, -0.1) is 0 Å². The SMILES string of the molecule is Cc1cccc(Oc2ccc(NC(=O)c3cc[nH]c(=O)c3)cn2)c1C. The van der Waals surface area contributed by atoms with Crippen LogP contribution in [0.25, 0.3) is 0 Å². The number of pyridine rings is 2. The number of nitrogens with zero attached hydrogens (tertiary/aromatic N) is 1. The molecule has 2 heterocycles. The van der Waals surface area contributed by atoms with E-state index in [-0.39, 0.29) is 17.0 Å². The molecule has 0 atom stereocenters. The number of carbonyl (C=O) groups excluding carboxylic acids is 1. The van der Waals surface area contributed by atoms with Gasteiger partial charge >= 0.3 is 0 Å². The first-order valence-corrected chi connectivity index (χ1v) is 7.73. The molecule has 25 heavy (non-hydrogen) atoms. The number of hydrogen-bond donors (Lipinski definition) is 2. The van der Waals surface area contributed by atoms with E-state index in [0.717, 1.165) is 16.9 Å². The number of hydrogen-bond acceptors (Lipinski definition) is 4. The van der Waals surface area contributed by atoms with Crippen LogP contribution in [0, 0.1) is 13.8 Å². The molecule has 0 saturated carbocycles. The maximum Gasteiger partial charge on any atom is 0.255 e. The van der Waals surface area contributed by atoms with Gasteiger partial charge in [-0.3, -0.25) is 9.59 Å². The first-order valence-electron chi connectivity index (χ1n) is 7.73. The Morgan fingerprint density at radius 1 is 1.16 bits per heavy atom. The second kappa shape index (κ2) is 7.00. The van der Waals surface area contributed by atoms with Gasteiger partial charge < -0.3 is 15.0 Å². The molecule has 0 radical (unpaired) electrons. The predicted molar refractivity (Wildman–Crippen MR) is 95.2 cm³/mol. The van der Waals surface area contributed by atoms with Crippen LogP contribution in [0.4, 0.5) is 5.69 Å². The molecule has 1 amide bonds. The van der Waals surface area contributed by atoms with Crippen molar-refractivity contribution in [3.8, 4) is 11.6 Å². The number of benzene rings is 1. The Balaban J connectivity index is 1.71. The van der Waals surface area contributed by atoms with Gasteiger partial charge in [0, 0.05) is 23.9 Å². The molecule has 3 rings (SSSR count). The minimum absolute atomic E-state index is 0.277. The van der Waals surface area contributed by atoms with E-state index in [1.165, 1.54) is 24.5 Å². The number of rotatable bonds is 4.